The van der Waals surface area contributed by atoms with Crippen LogP contribution in [0.5, 0.6) is 0 Å². The first kappa shape index (κ1) is 10.5. The van der Waals surface area contributed by atoms with Crippen molar-refractivity contribution >= 4 is 33.3 Å². The van der Waals surface area contributed by atoms with Gasteiger partial charge in [-0.2, -0.15) is 5.10 Å². The lowest BCUT2D eigenvalue weighted by molar-refractivity contribution is 0.697. The molecule has 78 valence electrons. The van der Waals surface area contributed by atoms with Crippen LogP contribution in [-0.2, 0) is 6.54 Å². The lowest BCUT2D eigenvalue weighted by Gasteiger charge is -2.04. The normalized spacial score (nSPS) is 10.5. The molecule has 2 rings (SSSR count). The maximum atomic E-state index is 5.81. The Kier molecular flexibility index (Phi) is 2.98. The molecule has 1 heterocycles. The minimum Gasteiger partial charge on any atom is -0.383 e. The predicted octanol–water partition coefficient (Wildman–Crippen LogP) is 2.93. The van der Waals surface area contributed by atoms with Gasteiger partial charge >= 0.3 is 0 Å². The summed E-state index contributed by atoms with van der Waals surface area (Å²) in [4.78, 5) is 0. The molecule has 0 aliphatic carbocycles. The van der Waals surface area contributed by atoms with Gasteiger partial charge in [-0.25, -0.2) is 4.68 Å². The van der Waals surface area contributed by atoms with Gasteiger partial charge in [0.25, 0.3) is 0 Å². The van der Waals surface area contributed by atoms with Gasteiger partial charge in [0.15, 0.2) is 0 Å². The SMILES string of the molecule is Nc1c(Cl)cnn1Cc1ccc(Br)cc1. The van der Waals surface area contributed by atoms with Crippen molar-refractivity contribution in [3.63, 3.8) is 0 Å². The van der Waals surface area contributed by atoms with Gasteiger partial charge in [0.05, 0.1) is 12.7 Å². The van der Waals surface area contributed by atoms with Crippen LogP contribution in [0.15, 0.2) is 34.9 Å². The second kappa shape index (κ2) is 4.24. The molecular formula is C10H9BrClN3. The zero-order valence-corrected chi connectivity index (χ0v) is 10.2. The number of hydrogen-bond donors (Lipinski definition) is 1. The molecule has 1 aromatic carbocycles. The van der Waals surface area contributed by atoms with Crippen molar-refractivity contribution in [1.29, 1.82) is 0 Å². The average molecular weight is 287 g/mol. The van der Waals surface area contributed by atoms with Crippen LogP contribution < -0.4 is 5.73 Å². The number of halogens is 2. The molecule has 0 saturated heterocycles. The Morgan fingerprint density at radius 1 is 1.33 bits per heavy atom. The standard InChI is InChI=1S/C10H9BrClN3/c11-8-3-1-7(2-4-8)6-15-10(13)9(12)5-14-15/h1-5H,6,13H2. The van der Waals surface area contributed by atoms with Crippen LogP contribution in [0.25, 0.3) is 0 Å². The molecule has 2 aromatic rings. The van der Waals surface area contributed by atoms with Crippen LogP contribution in [-0.4, -0.2) is 9.78 Å². The number of benzene rings is 1. The second-order valence-corrected chi connectivity index (χ2v) is 4.48. The van der Waals surface area contributed by atoms with Crippen molar-refractivity contribution in [2.24, 2.45) is 0 Å². The molecule has 1 aromatic heterocycles. The fraction of sp³-hybridized carbons (Fsp3) is 0.100. The number of aromatic nitrogens is 2. The van der Waals surface area contributed by atoms with Crippen LogP contribution >= 0.6 is 27.5 Å². The molecule has 0 radical (unpaired) electrons. The highest BCUT2D eigenvalue weighted by Crippen LogP contribution is 2.18. The predicted molar refractivity (Wildman–Crippen MR) is 64.9 cm³/mol. The molecule has 0 saturated carbocycles. The summed E-state index contributed by atoms with van der Waals surface area (Å²) in [7, 11) is 0. The molecule has 0 spiro atoms. The first-order valence-electron chi connectivity index (χ1n) is 4.38. The van der Waals surface area contributed by atoms with E-state index in [-0.39, 0.29) is 0 Å². The van der Waals surface area contributed by atoms with E-state index >= 15 is 0 Å². The quantitative estimate of drug-likeness (QED) is 0.922. The van der Waals surface area contributed by atoms with Crippen molar-refractivity contribution in [3.05, 3.63) is 45.5 Å². The van der Waals surface area contributed by atoms with Gasteiger partial charge in [-0.15, -0.1) is 0 Å². The minimum absolute atomic E-state index is 0.493. The summed E-state index contributed by atoms with van der Waals surface area (Å²) in [5.74, 6) is 0.500. The summed E-state index contributed by atoms with van der Waals surface area (Å²) >= 11 is 9.19. The van der Waals surface area contributed by atoms with E-state index in [1.54, 1.807) is 10.9 Å². The van der Waals surface area contributed by atoms with Gasteiger partial charge in [-0.1, -0.05) is 39.7 Å². The summed E-state index contributed by atoms with van der Waals surface area (Å²) < 4.78 is 2.73. The third-order valence-electron chi connectivity index (χ3n) is 2.08. The number of rotatable bonds is 2. The Bertz CT molecular complexity index is 464. The number of nitrogens with two attached hydrogens (primary N) is 1. The van der Waals surface area contributed by atoms with E-state index in [1.807, 2.05) is 24.3 Å². The Hall–Kier alpha value is -1.000. The molecule has 0 aliphatic rings. The summed E-state index contributed by atoms with van der Waals surface area (Å²) in [5.41, 5.74) is 6.87. The first-order chi connectivity index (χ1) is 7.16. The maximum absolute atomic E-state index is 5.81. The van der Waals surface area contributed by atoms with Gasteiger partial charge in [-0.3, -0.25) is 0 Å². The molecule has 5 heteroatoms. The van der Waals surface area contributed by atoms with Crippen LogP contribution in [0.2, 0.25) is 5.02 Å². The van der Waals surface area contributed by atoms with Crippen molar-refractivity contribution in [1.82, 2.24) is 9.78 Å². The molecular weight excluding hydrogens is 277 g/mol. The highest BCUT2D eigenvalue weighted by Gasteiger charge is 2.04. The van der Waals surface area contributed by atoms with Crippen molar-refractivity contribution < 1.29 is 0 Å². The van der Waals surface area contributed by atoms with E-state index in [1.165, 1.54) is 0 Å². The Labute approximate surface area is 101 Å². The van der Waals surface area contributed by atoms with E-state index < -0.39 is 0 Å². The molecule has 0 amide bonds. The minimum atomic E-state index is 0.493. The van der Waals surface area contributed by atoms with E-state index in [4.69, 9.17) is 17.3 Å². The topological polar surface area (TPSA) is 43.8 Å². The molecule has 0 unspecified atom stereocenters. The highest BCUT2D eigenvalue weighted by molar-refractivity contribution is 9.10. The third-order valence-corrected chi connectivity index (χ3v) is 2.90. The number of nitrogens with zero attached hydrogens (tertiary/aromatic N) is 2. The van der Waals surface area contributed by atoms with Gasteiger partial charge in [0.2, 0.25) is 0 Å². The zero-order chi connectivity index (χ0) is 10.8. The lowest BCUT2D eigenvalue weighted by atomic mass is 10.2. The molecule has 0 fully saturated rings. The van der Waals surface area contributed by atoms with Crippen LogP contribution in [0.4, 0.5) is 5.82 Å². The van der Waals surface area contributed by atoms with E-state index in [9.17, 15) is 0 Å². The van der Waals surface area contributed by atoms with Crippen LogP contribution in [0.1, 0.15) is 5.56 Å². The number of hydrogen-bond acceptors (Lipinski definition) is 2. The molecule has 0 aliphatic heterocycles. The van der Waals surface area contributed by atoms with Crippen molar-refractivity contribution in [2.75, 3.05) is 5.73 Å². The third kappa shape index (κ3) is 2.33. The lowest BCUT2D eigenvalue weighted by Crippen LogP contribution is -2.05. The van der Waals surface area contributed by atoms with Gasteiger partial charge < -0.3 is 5.73 Å². The molecule has 3 nitrogen and oxygen atoms in total. The van der Waals surface area contributed by atoms with Gasteiger partial charge in [0.1, 0.15) is 10.8 Å². The number of anilines is 1. The second-order valence-electron chi connectivity index (χ2n) is 3.16. The summed E-state index contributed by atoms with van der Waals surface area (Å²) in [5, 5.41) is 4.57. The molecule has 0 bridgehead atoms. The fourth-order valence-corrected chi connectivity index (χ4v) is 1.67. The van der Waals surface area contributed by atoms with E-state index in [0.717, 1.165) is 10.0 Å². The van der Waals surface area contributed by atoms with Gasteiger partial charge in [0, 0.05) is 4.47 Å². The number of nitrogen functional groups attached to an aromatic ring is 1. The highest BCUT2D eigenvalue weighted by atomic mass is 79.9. The van der Waals surface area contributed by atoms with Crippen LogP contribution in [0.3, 0.4) is 0 Å². The van der Waals surface area contributed by atoms with Crippen molar-refractivity contribution in [3.8, 4) is 0 Å². The van der Waals surface area contributed by atoms with Crippen molar-refractivity contribution in [2.45, 2.75) is 6.54 Å². The molecule has 2 N–H and O–H groups in total. The van der Waals surface area contributed by atoms with Crippen LogP contribution in [0, 0.1) is 0 Å². The largest absolute Gasteiger partial charge is 0.383 e. The summed E-state index contributed by atoms with van der Waals surface area (Å²) in [6.45, 7) is 0.631. The van der Waals surface area contributed by atoms with Gasteiger partial charge in [-0.05, 0) is 17.7 Å². The monoisotopic (exact) mass is 285 g/mol. The summed E-state index contributed by atoms with van der Waals surface area (Å²) in [6, 6.07) is 7.99. The van der Waals surface area contributed by atoms with E-state index in [2.05, 4.69) is 21.0 Å². The Balaban J connectivity index is 2.22. The fourth-order valence-electron chi connectivity index (χ4n) is 1.26. The first-order valence-corrected chi connectivity index (χ1v) is 5.55. The van der Waals surface area contributed by atoms with E-state index in [0.29, 0.717) is 17.4 Å². The Morgan fingerprint density at radius 2 is 2.00 bits per heavy atom. The molecule has 15 heavy (non-hydrogen) atoms. The zero-order valence-electron chi connectivity index (χ0n) is 7.82. The molecule has 0 atom stereocenters. The smallest absolute Gasteiger partial charge is 0.140 e. The maximum Gasteiger partial charge on any atom is 0.140 e. The average Bonchev–Trinajstić information content (AvgIpc) is 2.53. The summed E-state index contributed by atoms with van der Waals surface area (Å²) in [6.07, 6.45) is 1.55. The Morgan fingerprint density at radius 3 is 2.53 bits per heavy atom.